The zero-order chi connectivity index (χ0) is 17.3. The van der Waals surface area contributed by atoms with Crippen LogP contribution in [-0.4, -0.2) is 22.3 Å². The molecule has 1 saturated heterocycles. The molecule has 1 fully saturated rings. The van der Waals surface area contributed by atoms with Crippen molar-refractivity contribution in [1.82, 2.24) is 4.90 Å². The molecule has 128 valence electrons. The molecule has 0 saturated carbocycles. The van der Waals surface area contributed by atoms with Crippen LogP contribution in [0, 0.1) is 6.92 Å². The molecule has 0 N–H and O–H groups in total. The number of likely N-dealkylation sites (tertiary alicyclic amines) is 1. The van der Waals surface area contributed by atoms with Crippen LogP contribution in [0.15, 0.2) is 27.4 Å². The summed E-state index contributed by atoms with van der Waals surface area (Å²) in [6.45, 7) is 8.55. The molecule has 5 heteroatoms. The Balaban J connectivity index is 1.92. The minimum absolute atomic E-state index is 0.290. The van der Waals surface area contributed by atoms with Crippen molar-refractivity contribution in [3.63, 3.8) is 0 Å². The quantitative estimate of drug-likeness (QED) is 0.577. The largest absolute Gasteiger partial charge is 0.423 e. The molecule has 0 spiro atoms. The van der Waals surface area contributed by atoms with Gasteiger partial charge in [0.05, 0.1) is 0 Å². The number of fused-ring (bicyclic) bond motifs is 1. The number of hydrogen-bond acceptors (Lipinski definition) is 4. The normalized spacial score (nSPS) is 14.8. The van der Waals surface area contributed by atoms with E-state index in [1.807, 2.05) is 6.07 Å². The highest BCUT2D eigenvalue weighted by molar-refractivity contribution is 8.22. The fraction of sp³-hybridized carbons (Fsp3) is 0.474. The maximum atomic E-state index is 11.9. The lowest BCUT2D eigenvalue weighted by atomic mass is 9.95. The number of thioether (sulfide) groups is 1. The smallest absolute Gasteiger partial charge is 0.336 e. The minimum atomic E-state index is -0.290. The molecule has 0 atom stereocenters. The van der Waals surface area contributed by atoms with Gasteiger partial charge in [-0.15, -0.1) is 0 Å². The van der Waals surface area contributed by atoms with E-state index in [9.17, 15) is 4.79 Å². The van der Waals surface area contributed by atoms with Crippen molar-refractivity contribution < 1.29 is 4.42 Å². The van der Waals surface area contributed by atoms with Crippen LogP contribution in [0.3, 0.4) is 0 Å². The molecule has 0 bridgehead atoms. The van der Waals surface area contributed by atoms with Gasteiger partial charge in [0.2, 0.25) is 0 Å². The first-order chi connectivity index (χ1) is 11.5. The number of hydrogen-bond donors (Lipinski definition) is 0. The summed E-state index contributed by atoms with van der Waals surface area (Å²) >= 11 is 7.19. The van der Waals surface area contributed by atoms with Gasteiger partial charge in [-0.05, 0) is 54.5 Å². The molecule has 1 aromatic carbocycles. The van der Waals surface area contributed by atoms with E-state index in [0.29, 0.717) is 17.3 Å². The van der Waals surface area contributed by atoms with Crippen molar-refractivity contribution in [3.05, 3.63) is 45.3 Å². The molecule has 1 aliphatic heterocycles. The average molecular weight is 362 g/mol. The Kier molecular flexibility index (Phi) is 5.30. The number of benzene rings is 1. The molecule has 1 aromatic heterocycles. The van der Waals surface area contributed by atoms with Crippen molar-refractivity contribution in [2.75, 3.05) is 13.1 Å². The molecule has 0 radical (unpaired) electrons. The van der Waals surface area contributed by atoms with Gasteiger partial charge in [0.1, 0.15) is 9.90 Å². The average Bonchev–Trinajstić information content (AvgIpc) is 3.05. The van der Waals surface area contributed by atoms with E-state index in [1.165, 1.54) is 18.4 Å². The van der Waals surface area contributed by atoms with Crippen LogP contribution in [0.1, 0.15) is 49.3 Å². The van der Waals surface area contributed by atoms with Gasteiger partial charge in [-0.3, -0.25) is 0 Å². The van der Waals surface area contributed by atoms with Crippen LogP contribution in [0.5, 0.6) is 0 Å². The molecule has 0 aliphatic carbocycles. The van der Waals surface area contributed by atoms with E-state index in [4.69, 9.17) is 16.6 Å². The monoisotopic (exact) mass is 361 g/mol. The Hall–Kier alpha value is -1.33. The first-order valence-corrected chi connectivity index (χ1v) is 9.84. The van der Waals surface area contributed by atoms with Gasteiger partial charge < -0.3 is 9.32 Å². The predicted molar refractivity (Wildman–Crippen MR) is 106 cm³/mol. The van der Waals surface area contributed by atoms with Gasteiger partial charge in [0.15, 0.2) is 0 Å². The fourth-order valence-electron chi connectivity index (χ4n) is 3.26. The Bertz CT molecular complexity index is 820. The summed E-state index contributed by atoms with van der Waals surface area (Å²) < 4.78 is 6.35. The molecule has 0 unspecified atom stereocenters. The SMILES string of the molecule is Cc1cc2oc(=O)cc(CSC(=S)N3CCCC3)c2cc1C(C)C. The van der Waals surface area contributed by atoms with E-state index in [2.05, 4.69) is 31.7 Å². The van der Waals surface area contributed by atoms with Gasteiger partial charge in [-0.25, -0.2) is 4.79 Å². The van der Waals surface area contributed by atoms with Crippen molar-refractivity contribution in [2.45, 2.75) is 45.3 Å². The summed E-state index contributed by atoms with van der Waals surface area (Å²) in [5, 5.41) is 1.03. The Morgan fingerprint density at radius 3 is 2.67 bits per heavy atom. The van der Waals surface area contributed by atoms with Gasteiger partial charge in [0, 0.05) is 30.3 Å². The first kappa shape index (κ1) is 17.5. The van der Waals surface area contributed by atoms with Crippen LogP contribution in [0.4, 0.5) is 0 Å². The van der Waals surface area contributed by atoms with Crippen LogP contribution in [-0.2, 0) is 5.75 Å². The second-order valence-electron chi connectivity index (χ2n) is 6.70. The lowest BCUT2D eigenvalue weighted by Gasteiger charge is -2.18. The van der Waals surface area contributed by atoms with Gasteiger partial charge in [-0.2, -0.15) is 0 Å². The zero-order valence-corrected chi connectivity index (χ0v) is 16.1. The Labute approximate surface area is 152 Å². The lowest BCUT2D eigenvalue weighted by Crippen LogP contribution is -2.23. The van der Waals surface area contributed by atoms with Crippen molar-refractivity contribution >= 4 is 39.3 Å². The summed E-state index contributed by atoms with van der Waals surface area (Å²) in [6.07, 6.45) is 2.44. The van der Waals surface area contributed by atoms with E-state index >= 15 is 0 Å². The molecule has 1 aliphatic rings. The van der Waals surface area contributed by atoms with Crippen molar-refractivity contribution in [1.29, 1.82) is 0 Å². The summed E-state index contributed by atoms with van der Waals surface area (Å²) in [5.41, 5.74) is 3.85. The molecule has 24 heavy (non-hydrogen) atoms. The molecule has 3 nitrogen and oxygen atoms in total. The summed E-state index contributed by atoms with van der Waals surface area (Å²) in [4.78, 5) is 14.2. The second-order valence-corrected chi connectivity index (χ2v) is 8.31. The molecular weight excluding hydrogens is 338 g/mol. The minimum Gasteiger partial charge on any atom is -0.423 e. The first-order valence-electron chi connectivity index (χ1n) is 8.44. The van der Waals surface area contributed by atoms with E-state index < -0.39 is 0 Å². The third-order valence-corrected chi connectivity index (χ3v) is 6.13. The van der Waals surface area contributed by atoms with Crippen molar-refractivity contribution in [2.24, 2.45) is 0 Å². The summed E-state index contributed by atoms with van der Waals surface area (Å²) in [5.74, 6) is 1.14. The fourth-order valence-corrected chi connectivity index (χ4v) is 4.51. The van der Waals surface area contributed by atoms with Crippen LogP contribution >= 0.6 is 24.0 Å². The number of rotatable bonds is 3. The summed E-state index contributed by atoms with van der Waals surface area (Å²) in [7, 11) is 0. The topological polar surface area (TPSA) is 33.5 Å². The maximum Gasteiger partial charge on any atom is 0.336 e. The second kappa shape index (κ2) is 7.28. The number of aryl methyl sites for hydroxylation is 1. The molecule has 2 heterocycles. The summed E-state index contributed by atoms with van der Waals surface area (Å²) in [6, 6.07) is 5.77. The standard InChI is InChI=1S/C19H23NO2S2/c1-12(2)15-10-16-14(9-18(21)22-17(16)8-13(15)3)11-24-19(23)20-6-4-5-7-20/h8-10,12H,4-7,11H2,1-3H3. The highest BCUT2D eigenvalue weighted by Crippen LogP contribution is 2.29. The third kappa shape index (κ3) is 3.67. The Morgan fingerprint density at radius 2 is 2.00 bits per heavy atom. The van der Waals surface area contributed by atoms with E-state index in [1.54, 1.807) is 17.8 Å². The zero-order valence-electron chi connectivity index (χ0n) is 14.4. The molecule has 2 aromatic rings. The van der Waals surface area contributed by atoms with E-state index in [0.717, 1.165) is 33.9 Å². The maximum absolute atomic E-state index is 11.9. The third-order valence-electron chi connectivity index (χ3n) is 4.55. The van der Waals surface area contributed by atoms with Crippen molar-refractivity contribution in [3.8, 4) is 0 Å². The Morgan fingerprint density at radius 1 is 1.29 bits per heavy atom. The van der Waals surface area contributed by atoms with Gasteiger partial charge in [-0.1, -0.05) is 37.8 Å². The van der Waals surface area contributed by atoms with Crippen LogP contribution < -0.4 is 5.63 Å². The molecular formula is C19H23NO2S2. The predicted octanol–water partition coefficient (Wildman–Crippen LogP) is 4.84. The van der Waals surface area contributed by atoms with Gasteiger partial charge >= 0.3 is 5.63 Å². The molecule has 0 amide bonds. The highest BCUT2D eigenvalue weighted by Gasteiger charge is 2.16. The number of nitrogens with zero attached hydrogens (tertiary/aromatic N) is 1. The van der Waals surface area contributed by atoms with E-state index in [-0.39, 0.29) is 5.63 Å². The highest BCUT2D eigenvalue weighted by atomic mass is 32.2. The van der Waals surface area contributed by atoms with Crippen LogP contribution in [0.2, 0.25) is 0 Å². The number of thiocarbonyl (C=S) groups is 1. The van der Waals surface area contributed by atoms with Gasteiger partial charge in [0.25, 0.3) is 0 Å². The van der Waals surface area contributed by atoms with Crippen LogP contribution in [0.25, 0.3) is 11.0 Å². The molecule has 3 rings (SSSR count). The lowest BCUT2D eigenvalue weighted by molar-refractivity contribution is 0.539.